The van der Waals surface area contributed by atoms with Crippen molar-refractivity contribution in [3.8, 4) is 11.5 Å². The van der Waals surface area contributed by atoms with Gasteiger partial charge in [-0.1, -0.05) is 50.1 Å². The predicted molar refractivity (Wildman–Crippen MR) is 95.1 cm³/mol. The van der Waals surface area contributed by atoms with Gasteiger partial charge in [-0.25, -0.2) is 0 Å². The molecule has 1 aliphatic heterocycles. The predicted octanol–water partition coefficient (Wildman–Crippen LogP) is 5.31. The van der Waals surface area contributed by atoms with Crippen LogP contribution in [0.1, 0.15) is 16.0 Å². The van der Waals surface area contributed by atoms with Crippen LogP contribution in [0.15, 0.2) is 40.9 Å². The van der Waals surface area contributed by atoms with Gasteiger partial charge in [0, 0.05) is 8.04 Å². The molecule has 1 atom stereocenters. The molecule has 104 valence electrons. The van der Waals surface area contributed by atoms with Gasteiger partial charge in [0.2, 0.25) is 0 Å². The Bertz CT molecular complexity index is 646. The van der Waals surface area contributed by atoms with Crippen LogP contribution in [0.2, 0.25) is 0 Å². The Morgan fingerprint density at radius 2 is 1.65 bits per heavy atom. The highest BCUT2D eigenvalue weighted by Gasteiger charge is 2.21. The van der Waals surface area contributed by atoms with Crippen LogP contribution in [0.4, 0.5) is 0 Å². The van der Waals surface area contributed by atoms with Gasteiger partial charge < -0.3 is 9.47 Å². The lowest BCUT2D eigenvalue weighted by molar-refractivity contribution is 0.171. The molecule has 1 aliphatic rings. The van der Waals surface area contributed by atoms with Crippen molar-refractivity contribution in [2.45, 2.75) is 4.83 Å². The van der Waals surface area contributed by atoms with E-state index in [9.17, 15) is 0 Å². The molecule has 0 aliphatic carbocycles. The Balaban J connectivity index is 2.03. The third kappa shape index (κ3) is 2.85. The minimum absolute atomic E-state index is 0.112. The molecule has 2 aromatic carbocycles. The summed E-state index contributed by atoms with van der Waals surface area (Å²) in [6, 6.07) is 12.4. The first-order valence-corrected chi connectivity index (χ1v) is 8.93. The Morgan fingerprint density at radius 1 is 1.00 bits per heavy atom. The molecule has 2 nitrogen and oxygen atoms in total. The highest BCUT2D eigenvalue weighted by atomic mass is 127. The SMILES string of the molecule is Brc1cc2c(cc1C(Br)c1ccccc1I)OCCO2. The summed E-state index contributed by atoms with van der Waals surface area (Å²) >= 11 is 9.78. The highest BCUT2D eigenvalue weighted by Crippen LogP contribution is 2.43. The third-order valence-corrected chi connectivity index (χ3v) is 5.77. The molecule has 0 fully saturated rings. The fourth-order valence-corrected chi connectivity index (χ4v) is 4.89. The second kappa shape index (κ2) is 6.23. The summed E-state index contributed by atoms with van der Waals surface area (Å²) in [5.74, 6) is 1.61. The van der Waals surface area contributed by atoms with E-state index < -0.39 is 0 Å². The van der Waals surface area contributed by atoms with E-state index in [1.807, 2.05) is 18.2 Å². The molecule has 0 bridgehead atoms. The van der Waals surface area contributed by atoms with E-state index >= 15 is 0 Å². The topological polar surface area (TPSA) is 18.5 Å². The zero-order valence-electron chi connectivity index (χ0n) is 10.4. The smallest absolute Gasteiger partial charge is 0.162 e. The van der Waals surface area contributed by atoms with Gasteiger partial charge in [-0.3, -0.25) is 0 Å². The molecular formula is C15H11Br2IO2. The molecule has 0 amide bonds. The first-order valence-electron chi connectivity index (χ1n) is 6.14. The van der Waals surface area contributed by atoms with Gasteiger partial charge >= 0.3 is 0 Å². The number of alkyl halides is 1. The van der Waals surface area contributed by atoms with Crippen molar-refractivity contribution in [1.29, 1.82) is 0 Å². The van der Waals surface area contributed by atoms with Crippen LogP contribution >= 0.6 is 54.5 Å². The van der Waals surface area contributed by atoms with E-state index in [0.717, 1.165) is 21.5 Å². The second-order valence-electron chi connectivity index (χ2n) is 4.40. The largest absolute Gasteiger partial charge is 0.486 e. The number of rotatable bonds is 2. The monoisotopic (exact) mass is 508 g/mol. The molecule has 1 heterocycles. The van der Waals surface area contributed by atoms with Gasteiger partial charge in [0.1, 0.15) is 13.2 Å². The van der Waals surface area contributed by atoms with E-state index in [1.165, 1.54) is 9.13 Å². The number of fused-ring (bicyclic) bond motifs is 1. The van der Waals surface area contributed by atoms with E-state index in [1.54, 1.807) is 0 Å². The maximum absolute atomic E-state index is 5.67. The first kappa shape index (κ1) is 14.7. The van der Waals surface area contributed by atoms with Crippen LogP contribution in [0.5, 0.6) is 11.5 Å². The van der Waals surface area contributed by atoms with Crippen molar-refractivity contribution < 1.29 is 9.47 Å². The van der Waals surface area contributed by atoms with Crippen LogP contribution in [0, 0.1) is 3.57 Å². The summed E-state index contributed by atoms with van der Waals surface area (Å²) < 4.78 is 13.5. The van der Waals surface area contributed by atoms with Crippen LogP contribution in [-0.4, -0.2) is 13.2 Å². The summed E-state index contributed by atoms with van der Waals surface area (Å²) in [5.41, 5.74) is 2.38. The fourth-order valence-electron chi connectivity index (χ4n) is 2.12. The summed E-state index contributed by atoms with van der Waals surface area (Å²) in [6.07, 6.45) is 0. The molecule has 1 unspecified atom stereocenters. The number of hydrogen-bond donors (Lipinski definition) is 0. The van der Waals surface area contributed by atoms with Crippen molar-refractivity contribution in [2.75, 3.05) is 13.2 Å². The maximum Gasteiger partial charge on any atom is 0.162 e. The van der Waals surface area contributed by atoms with E-state index in [2.05, 4.69) is 72.6 Å². The van der Waals surface area contributed by atoms with E-state index in [0.29, 0.717) is 13.2 Å². The van der Waals surface area contributed by atoms with Gasteiger partial charge in [-0.2, -0.15) is 0 Å². The maximum atomic E-state index is 5.67. The zero-order chi connectivity index (χ0) is 14.1. The minimum atomic E-state index is 0.112. The molecule has 3 rings (SSSR count). The average molecular weight is 510 g/mol. The average Bonchev–Trinajstić information content (AvgIpc) is 2.46. The van der Waals surface area contributed by atoms with Crippen LogP contribution < -0.4 is 9.47 Å². The number of ether oxygens (including phenoxy) is 2. The van der Waals surface area contributed by atoms with Crippen LogP contribution in [-0.2, 0) is 0 Å². The molecule has 0 saturated heterocycles. The van der Waals surface area contributed by atoms with Crippen LogP contribution in [0.3, 0.4) is 0 Å². The summed E-state index contributed by atoms with van der Waals surface area (Å²) in [4.78, 5) is 0.112. The molecule has 2 aromatic rings. The van der Waals surface area contributed by atoms with Crippen molar-refractivity contribution in [3.63, 3.8) is 0 Å². The fraction of sp³-hybridized carbons (Fsp3) is 0.200. The Hall–Kier alpha value is -0.270. The number of hydrogen-bond acceptors (Lipinski definition) is 2. The summed E-state index contributed by atoms with van der Waals surface area (Å²) in [7, 11) is 0. The summed E-state index contributed by atoms with van der Waals surface area (Å²) in [6.45, 7) is 1.21. The summed E-state index contributed by atoms with van der Waals surface area (Å²) in [5, 5.41) is 0. The van der Waals surface area contributed by atoms with Gasteiger partial charge in [0.05, 0.1) is 4.83 Å². The van der Waals surface area contributed by atoms with Gasteiger partial charge in [-0.15, -0.1) is 0 Å². The Kier molecular flexibility index (Phi) is 4.57. The molecule has 0 aromatic heterocycles. The zero-order valence-corrected chi connectivity index (χ0v) is 15.7. The lowest BCUT2D eigenvalue weighted by Gasteiger charge is -2.22. The quantitative estimate of drug-likeness (QED) is 0.403. The normalized spacial score (nSPS) is 14.9. The number of halogens is 3. The van der Waals surface area contributed by atoms with Crippen molar-refractivity contribution in [1.82, 2.24) is 0 Å². The van der Waals surface area contributed by atoms with E-state index in [-0.39, 0.29) is 4.83 Å². The van der Waals surface area contributed by atoms with Gasteiger partial charge in [-0.05, 0) is 51.9 Å². The number of benzene rings is 2. The lowest BCUT2D eigenvalue weighted by Crippen LogP contribution is -2.15. The van der Waals surface area contributed by atoms with Crippen molar-refractivity contribution >= 4 is 54.5 Å². The second-order valence-corrected chi connectivity index (χ2v) is 7.33. The highest BCUT2D eigenvalue weighted by molar-refractivity contribution is 14.1. The first-order chi connectivity index (χ1) is 9.66. The van der Waals surface area contributed by atoms with Crippen molar-refractivity contribution in [2.24, 2.45) is 0 Å². The molecule has 0 N–H and O–H groups in total. The molecular weight excluding hydrogens is 499 g/mol. The minimum Gasteiger partial charge on any atom is -0.486 e. The third-order valence-electron chi connectivity index (χ3n) is 3.11. The van der Waals surface area contributed by atoms with Crippen LogP contribution in [0.25, 0.3) is 0 Å². The molecule has 5 heteroatoms. The lowest BCUT2D eigenvalue weighted by atomic mass is 10.0. The Morgan fingerprint density at radius 3 is 2.35 bits per heavy atom. The molecule has 0 radical (unpaired) electrons. The molecule has 20 heavy (non-hydrogen) atoms. The van der Waals surface area contributed by atoms with Crippen molar-refractivity contribution in [3.05, 3.63) is 55.6 Å². The Labute approximate surface area is 148 Å². The molecule has 0 spiro atoms. The van der Waals surface area contributed by atoms with Gasteiger partial charge in [0.25, 0.3) is 0 Å². The standard InChI is InChI=1S/C15H11Br2IO2/c16-11-8-14-13(19-5-6-20-14)7-10(11)15(17)9-3-1-2-4-12(9)18/h1-4,7-8,15H,5-6H2. The van der Waals surface area contributed by atoms with Gasteiger partial charge in [0.15, 0.2) is 11.5 Å². The molecule has 0 saturated carbocycles. The van der Waals surface area contributed by atoms with E-state index in [4.69, 9.17) is 9.47 Å².